The van der Waals surface area contributed by atoms with Gasteiger partial charge in [-0.15, -0.1) is 0 Å². The Morgan fingerprint density at radius 1 is 1.19 bits per heavy atom. The van der Waals surface area contributed by atoms with Crippen molar-refractivity contribution in [2.45, 2.75) is 26.3 Å². The maximum Gasteiger partial charge on any atom is 0.255 e. The van der Waals surface area contributed by atoms with Crippen LogP contribution in [0, 0.1) is 6.92 Å². The van der Waals surface area contributed by atoms with Gasteiger partial charge in [-0.1, -0.05) is 18.2 Å². The van der Waals surface area contributed by atoms with E-state index in [1.807, 2.05) is 62.5 Å². The van der Waals surface area contributed by atoms with E-state index in [1.165, 1.54) is 0 Å². The molecule has 4 aromatic rings. The third-order valence-electron chi connectivity index (χ3n) is 5.25. The van der Waals surface area contributed by atoms with Gasteiger partial charge in [-0.3, -0.25) is 4.79 Å². The molecule has 0 aliphatic heterocycles. The molecule has 0 aliphatic rings. The number of aryl methyl sites for hydroxylation is 1. The van der Waals surface area contributed by atoms with Gasteiger partial charge in [0.15, 0.2) is 0 Å². The molecule has 0 saturated heterocycles. The molecule has 2 aromatic heterocycles. The minimum absolute atomic E-state index is 0.174. The number of hydrogen-bond acceptors (Lipinski definition) is 4. The normalized spacial score (nSPS) is 12.1. The lowest BCUT2D eigenvalue weighted by Gasteiger charge is -2.18. The number of fused-ring (bicyclic) bond motifs is 1. The highest BCUT2D eigenvalue weighted by Gasteiger charge is 2.20. The smallest absolute Gasteiger partial charge is 0.255 e. The van der Waals surface area contributed by atoms with Crippen molar-refractivity contribution < 1.29 is 19.1 Å². The van der Waals surface area contributed by atoms with Crippen LogP contribution in [0.5, 0.6) is 5.75 Å². The van der Waals surface area contributed by atoms with Crippen LogP contribution < -0.4 is 10.1 Å². The Morgan fingerprint density at radius 3 is 2.77 bits per heavy atom. The van der Waals surface area contributed by atoms with Crippen molar-refractivity contribution in [1.82, 2.24) is 10.3 Å². The summed E-state index contributed by atoms with van der Waals surface area (Å²) in [6.45, 7) is 4.02. The monoisotopic (exact) mass is 418 g/mol. The maximum atomic E-state index is 13.1. The van der Waals surface area contributed by atoms with Crippen LogP contribution in [0.2, 0.25) is 0 Å². The first-order valence-corrected chi connectivity index (χ1v) is 10.4. The predicted molar refractivity (Wildman–Crippen MR) is 120 cm³/mol. The maximum absolute atomic E-state index is 13.1. The fourth-order valence-corrected chi connectivity index (χ4v) is 3.72. The Hall–Kier alpha value is -3.51. The number of aromatic nitrogens is 1. The van der Waals surface area contributed by atoms with Gasteiger partial charge in [0, 0.05) is 22.7 Å². The molecule has 1 unspecified atom stereocenters. The molecule has 0 saturated carbocycles. The molecule has 0 bridgehead atoms. The number of benzene rings is 2. The van der Waals surface area contributed by atoms with E-state index in [0.29, 0.717) is 30.1 Å². The van der Waals surface area contributed by atoms with Gasteiger partial charge in [0.2, 0.25) is 0 Å². The van der Waals surface area contributed by atoms with Gasteiger partial charge in [0.1, 0.15) is 17.3 Å². The number of hydrogen-bond donors (Lipinski definition) is 3. The number of furan rings is 1. The molecule has 2 heterocycles. The molecular weight excluding hydrogens is 392 g/mol. The highest BCUT2D eigenvalue weighted by atomic mass is 16.5. The quantitative estimate of drug-likeness (QED) is 0.394. The Morgan fingerprint density at radius 2 is 2.03 bits per heavy atom. The molecule has 0 radical (unpaired) electrons. The third kappa shape index (κ3) is 4.49. The molecule has 1 amide bonds. The fraction of sp³-hybridized carbons (Fsp3) is 0.240. The Kier molecular flexibility index (Phi) is 6.09. The van der Waals surface area contributed by atoms with Crippen LogP contribution in [0.25, 0.3) is 22.2 Å². The summed E-state index contributed by atoms with van der Waals surface area (Å²) in [4.78, 5) is 16.4. The summed E-state index contributed by atoms with van der Waals surface area (Å²) in [7, 11) is 0. The van der Waals surface area contributed by atoms with Crippen LogP contribution in [0.1, 0.15) is 28.6 Å². The Balaban J connectivity index is 1.58. The molecule has 31 heavy (non-hydrogen) atoms. The zero-order chi connectivity index (χ0) is 21.8. The minimum Gasteiger partial charge on any atom is -0.493 e. The molecule has 4 rings (SSSR count). The summed E-state index contributed by atoms with van der Waals surface area (Å²) in [5, 5.41) is 14.0. The largest absolute Gasteiger partial charge is 0.493 e. The second-order valence-corrected chi connectivity index (χ2v) is 7.47. The second-order valence-electron chi connectivity index (χ2n) is 7.47. The van der Waals surface area contributed by atoms with E-state index in [-0.39, 0.29) is 12.5 Å². The number of amides is 1. The van der Waals surface area contributed by atoms with Crippen LogP contribution in [0.15, 0.2) is 65.2 Å². The number of carbonyl (C=O) groups is 1. The van der Waals surface area contributed by atoms with Gasteiger partial charge in [0.25, 0.3) is 5.91 Å². The van der Waals surface area contributed by atoms with Crippen LogP contribution in [0.4, 0.5) is 0 Å². The van der Waals surface area contributed by atoms with Crippen molar-refractivity contribution in [2.75, 3.05) is 13.2 Å². The van der Waals surface area contributed by atoms with Crippen LogP contribution >= 0.6 is 0 Å². The first-order valence-electron chi connectivity index (χ1n) is 10.4. The fourth-order valence-electron chi connectivity index (χ4n) is 3.72. The number of H-pyrrole nitrogens is 1. The molecule has 0 fully saturated rings. The van der Waals surface area contributed by atoms with Gasteiger partial charge in [-0.05, 0) is 62.2 Å². The summed E-state index contributed by atoms with van der Waals surface area (Å²) in [6, 6.07) is 16.7. The number of ether oxygens (including phenoxy) is 1. The predicted octanol–water partition coefficient (Wildman–Crippen LogP) is 4.47. The summed E-state index contributed by atoms with van der Waals surface area (Å²) < 4.78 is 11.4. The van der Waals surface area contributed by atoms with Crippen LogP contribution in [0.3, 0.4) is 0 Å². The van der Waals surface area contributed by atoms with E-state index < -0.39 is 6.04 Å². The molecule has 0 spiro atoms. The lowest BCUT2D eigenvalue weighted by molar-refractivity contribution is 0.0913. The van der Waals surface area contributed by atoms with Gasteiger partial charge in [-0.2, -0.15) is 0 Å². The number of aliphatic hydroxyl groups excluding tert-OH is 1. The first-order chi connectivity index (χ1) is 15.1. The lowest BCUT2D eigenvalue weighted by Crippen LogP contribution is -2.39. The molecule has 6 heteroatoms. The second kappa shape index (κ2) is 9.10. The summed E-state index contributed by atoms with van der Waals surface area (Å²) >= 11 is 0. The van der Waals surface area contributed by atoms with Crippen molar-refractivity contribution in [3.63, 3.8) is 0 Å². The first kappa shape index (κ1) is 20.8. The van der Waals surface area contributed by atoms with E-state index in [1.54, 1.807) is 12.1 Å². The lowest BCUT2D eigenvalue weighted by atomic mass is 10.0. The standard InChI is InChI=1S/C25H26N2O4/c1-3-30-24-11-9-17(23-10-8-16(2)31-23)13-21(24)25(29)27-19(15-28)12-18-14-26-22-7-5-4-6-20(18)22/h4-11,13-14,19,26,28H,3,12,15H2,1-2H3,(H,27,29). The topological polar surface area (TPSA) is 87.5 Å². The van der Waals surface area contributed by atoms with E-state index in [9.17, 15) is 9.90 Å². The Labute approximate surface area is 180 Å². The van der Waals surface area contributed by atoms with Gasteiger partial charge >= 0.3 is 0 Å². The van der Waals surface area contributed by atoms with Crippen molar-refractivity contribution in [2.24, 2.45) is 0 Å². The van der Waals surface area contributed by atoms with Gasteiger partial charge in [0.05, 0.1) is 24.8 Å². The number of carbonyl (C=O) groups excluding carboxylic acids is 1. The van der Waals surface area contributed by atoms with Crippen molar-refractivity contribution in [1.29, 1.82) is 0 Å². The van der Waals surface area contributed by atoms with Crippen LogP contribution in [-0.4, -0.2) is 35.3 Å². The number of aliphatic hydroxyl groups is 1. The SMILES string of the molecule is CCOc1ccc(-c2ccc(C)o2)cc1C(=O)NC(CO)Cc1c[nH]c2ccccc12. The Bertz CT molecular complexity index is 1190. The van der Waals surface area contributed by atoms with E-state index in [4.69, 9.17) is 9.15 Å². The molecular formula is C25H26N2O4. The molecule has 6 nitrogen and oxygen atoms in total. The van der Waals surface area contributed by atoms with E-state index in [0.717, 1.165) is 27.8 Å². The van der Waals surface area contributed by atoms with Gasteiger partial charge in [-0.25, -0.2) is 0 Å². The molecule has 160 valence electrons. The zero-order valence-electron chi connectivity index (χ0n) is 17.6. The van der Waals surface area contributed by atoms with E-state index >= 15 is 0 Å². The third-order valence-corrected chi connectivity index (χ3v) is 5.25. The van der Waals surface area contributed by atoms with Crippen molar-refractivity contribution >= 4 is 16.8 Å². The van der Waals surface area contributed by atoms with Gasteiger partial charge < -0.3 is 24.6 Å². The zero-order valence-corrected chi connectivity index (χ0v) is 17.6. The van der Waals surface area contributed by atoms with Crippen molar-refractivity contribution in [3.05, 3.63) is 77.7 Å². The number of nitrogens with one attached hydrogen (secondary N) is 2. The summed E-state index contributed by atoms with van der Waals surface area (Å²) in [5.74, 6) is 1.68. The summed E-state index contributed by atoms with van der Waals surface area (Å²) in [5.41, 5.74) is 3.27. The number of aromatic amines is 1. The molecule has 2 aromatic carbocycles. The van der Waals surface area contributed by atoms with Crippen molar-refractivity contribution in [3.8, 4) is 17.1 Å². The average Bonchev–Trinajstić information content (AvgIpc) is 3.40. The average molecular weight is 418 g/mol. The number of rotatable bonds is 8. The minimum atomic E-state index is -0.435. The molecule has 3 N–H and O–H groups in total. The van der Waals surface area contributed by atoms with Crippen LogP contribution in [-0.2, 0) is 6.42 Å². The highest BCUT2D eigenvalue weighted by molar-refractivity contribution is 5.98. The van der Waals surface area contributed by atoms with E-state index in [2.05, 4.69) is 10.3 Å². The molecule has 1 atom stereocenters. The summed E-state index contributed by atoms with van der Waals surface area (Å²) in [6.07, 6.45) is 2.43. The number of para-hydroxylation sites is 1. The highest BCUT2D eigenvalue weighted by Crippen LogP contribution is 2.28. The molecule has 0 aliphatic carbocycles.